The first-order chi connectivity index (χ1) is 11.2. The number of halogens is 1. The molecule has 0 atom stereocenters. The molecule has 0 saturated carbocycles. The minimum Gasteiger partial charge on any atom is -0.356 e. The first-order valence-electron chi connectivity index (χ1n) is 8.31. The Morgan fingerprint density at radius 3 is 2.78 bits per heavy atom. The highest BCUT2D eigenvalue weighted by molar-refractivity contribution is 5.80. The van der Waals surface area contributed by atoms with Crippen molar-refractivity contribution < 1.29 is 4.39 Å². The van der Waals surface area contributed by atoms with Crippen molar-refractivity contribution in [2.45, 2.75) is 26.2 Å². The molecule has 2 aromatic heterocycles. The van der Waals surface area contributed by atoms with Gasteiger partial charge in [-0.2, -0.15) is 4.98 Å². The predicted molar refractivity (Wildman–Crippen MR) is 90.8 cm³/mol. The van der Waals surface area contributed by atoms with Gasteiger partial charge in [0.25, 0.3) is 0 Å². The summed E-state index contributed by atoms with van der Waals surface area (Å²) in [6.45, 7) is 3.78. The zero-order chi connectivity index (χ0) is 15.8. The Bertz CT molecular complexity index is 834. The lowest BCUT2D eigenvalue weighted by atomic mass is 9.94. The second-order valence-corrected chi connectivity index (χ2v) is 6.47. The number of imidazole rings is 1. The summed E-state index contributed by atoms with van der Waals surface area (Å²) in [4.78, 5) is 11.7. The molecule has 1 aliphatic rings. The number of benzene rings is 1. The third-order valence-electron chi connectivity index (χ3n) is 4.87. The van der Waals surface area contributed by atoms with E-state index in [0.29, 0.717) is 12.3 Å². The van der Waals surface area contributed by atoms with Crippen molar-refractivity contribution in [2.75, 3.05) is 24.7 Å². The van der Waals surface area contributed by atoms with Crippen LogP contribution in [-0.4, -0.2) is 34.1 Å². The molecule has 4 rings (SSSR count). The van der Waals surface area contributed by atoms with E-state index in [9.17, 15) is 4.39 Å². The van der Waals surface area contributed by atoms with Gasteiger partial charge in [-0.1, -0.05) is 6.07 Å². The summed E-state index contributed by atoms with van der Waals surface area (Å²) in [6, 6.07) is 8.34. The van der Waals surface area contributed by atoms with Crippen molar-refractivity contribution in [2.24, 2.45) is 5.92 Å². The van der Waals surface area contributed by atoms with Crippen LogP contribution in [0.25, 0.3) is 16.8 Å². The van der Waals surface area contributed by atoms with E-state index in [1.807, 2.05) is 4.40 Å². The molecule has 3 heterocycles. The summed E-state index contributed by atoms with van der Waals surface area (Å²) in [5.74, 6) is 2.24. The van der Waals surface area contributed by atoms with Crippen LogP contribution in [-0.2, 0) is 0 Å². The summed E-state index contributed by atoms with van der Waals surface area (Å²) < 4.78 is 14.5. The highest BCUT2D eigenvalue weighted by Gasteiger charge is 2.20. The van der Waals surface area contributed by atoms with Gasteiger partial charge in [0.1, 0.15) is 5.82 Å². The summed E-state index contributed by atoms with van der Waals surface area (Å²) in [6.07, 6.45) is 4.85. The number of hydrogen-bond acceptors (Lipinski definition) is 3. The molecule has 0 spiro atoms. The molecular formula is C18H21FN4. The summed E-state index contributed by atoms with van der Waals surface area (Å²) in [5, 5.41) is 0. The largest absolute Gasteiger partial charge is 0.356 e. The number of hydrogen-bond donors (Lipinski definition) is 0. The van der Waals surface area contributed by atoms with Crippen molar-refractivity contribution in [1.82, 2.24) is 14.4 Å². The van der Waals surface area contributed by atoms with Crippen LogP contribution in [0.5, 0.6) is 0 Å². The Labute approximate surface area is 135 Å². The third-order valence-corrected chi connectivity index (χ3v) is 4.87. The molecule has 0 radical (unpaired) electrons. The lowest BCUT2D eigenvalue weighted by Gasteiger charge is -2.32. The van der Waals surface area contributed by atoms with Crippen LogP contribution in [0, 0.1) is 12.8 Å². The fourth-order valence-corrected chi connectivity index (χ4v) is 3.48. The smallest absolute Gasteiger partial charge is 0.236 e. The molecule has 0 N–H and O–H groups in total. The average molecular weight is 312 g/mol. The predicted octanol–water partition coefficient (Wildman–Crippen LogP) is 3.77. The molecule has 1 fully saturated rings. The Morgan fingerprint density at radius 1 is 1.17 bits per heavy atom. The Hall–Kier alpha value is -2.17. The van der Waals surface area contributed by atoms with Gasteiger partial charge in [-0.15, -0.1) is 0 Å². The van der Waals surface area contributed by atoms with Crippen molar-refractivity contribution in [3.05, 3.63) is 36.0 Å². The molecular weight excluding hydrogens is 291 g/mol. The number of aromatic nitrogens is 3. The lowest BCUT2D eigenvalue weighted by molar-refractivity contribution is 0.332. The van der Waals surface area contributed by atoms with E-state index in [0.717, 1.165) is 48.6 Å². The van der Waals surface area contributed by atoms with Crippen molar-refractivity contribution in [3.8, 4) is 0 Å². The maximum Gasteiger partial charge on any atom is 0.236 e. The van der Waals surface area contributed by atoms with Crippen LogP contribution in [0.3, 0.4) is 0 Å². The first kappa shape index (κ1) is 14.4. The molecule has 1 aliphatic heterocycles. The number of alkyl halides is 1. The van der Waals surface area contributed by atoms with Gasteiger partial charge in [0.15, 0.2) is 0 Å². The molecule has 0 unspecified atom stereocenters. The standard InChI is InChI=1S/C18H21FN4/c1-13-2-3-16-15(12-13)20-18-21-17(7-11-23(16)18)22-9-5-14(4-8-19)6-10-22/h2-3,7,11-12,14H,4-6,8-10H2,1H3. The van der Waals surface area contributed by atoms with Gasteiger partial charge in [0.2, 0.25) is 5.78 Å². The monoisotopic (exact) mass is 312 g/mol. The van der Waals surface area contributed by atoms with Crippen LogP contribution in [0.4, 0.5) is 10.2 Å². The van der Waals surface area contributed by atoms with Crippen LogP contribution in [0.1, 0.15) is 24.8 Å². The zero-order valence-corrected chi connectivity index (χ0v) is 13.4. The van der Waals surface area contributed by atoms with E-state index in [1.165, 1.54) is 5.56 Å². The van der Waals surface area contributed by atoms with E-state index in [2.05, 4.69) is 47.3 Å². The van der Waals surface area contributed by atoms with E-state index in [4.69, 9.17) is 4.98 Å². The van der Waals surface area contributed by atoms with E-state index in [1.54, 1.807) is 0 Å². The van der Waals surface area contributed by atoms with Crippen molar-refractivity contribution >= 4 is 22.6 Å². The number of rotatable bonds is 3. The van der Waals surface area contributed by atoms with Gasteiger partial charge >= 0.3 is 0 Å². The average Bonchev–Trinajstić information content (AvgIpc) is 2.92. The Kier molecular flexibility index (Phi) is 3.63. The molecule has 3 aromatic rings. The number of nitrogens with zero attached hydrogens (tertiary/aromatic N) is 4. The van der Waals surface area contributed by atoms with E-state index < -0.39 is 0 Å². The molecule has 120 valence electrons. The number of piperidine rings is 1. The number of fused-ring (bicyclic) bond motifs is 3. The summed E-state index contributed by atoms with van der Waals surface area (Å²) in [7, 11) is 0. The second kappa shape index (κ2) is 5.80. The second-order valence-electron chi connectivity index (χ2n) is 6.47. The topological polar surface area (TPSA) is 33.4 Å². The van der Waals surface area contributed by atoms with Crippen LogP contribution >= 0.6 is 0 Å². The maximum absolute atomic E-state index is 12.5. The first-order valence-corrected chi connectivity index (χ1v) is 8.31. The fraction of sp³-hybridized carbons (Fsp3) is 0.444. The van der Waals surface area contributed by atoms with Crippen molar-refractivity contribution in [1.29, 1.82) is 0 Å². The van der Waals surface area contributed by atoms with Gasteiger partial charge in [-0.05, 0) is 55.9 Å². The fourth-order valence-electron chi connectivity index (χ4n) is 3.48. The van der Waals surface area contributed by atoms with E-state index >= 15 is 0 Å². The minimum atomic E-state index is -0.199. The van der Waals surface area contributed by atoms with Crippen molar-refractivity contribution in [3.63, 3.8) is 0 Å². The quantitative estimate of drug-likeness (QED) is 0.738. The molecule has 23 heavy (non-hydrogen) atoms. The number of aryl methyl sites for hydroxylation is 1. The maximum atomic E-state index is 12.5. The van der Waals surface area contributed by atoms with Gasteiger partial charge < -0.3 is 4.90 Å². The van der Waals surface area contributed by atoms with Crippen LogP contribution in [0.15, 0.2) is 30.5 Å². The SMILES string of the molecule is Cc1ccc2c(c1)nc1nc(N3CCC(CCF)CC3)ccn12. The lowest BCUT2D eigenvalue weighted by Crippen LogP contribution is -2.34. The summed E-state index contributed by atoms with van der Waals surface area (Å²) >= 11 is 0. The van der Waals surface area contributed by atoms with E-state index in [-0.39, 0.29) is 6.67 Å². The van der Waals surface area contributed by atoms with Gasteiger partial charge in [-0.25, -0.2) is 4.98 Å². The molecule has 1 aromatic carbocycles. The zero-order valence-electron chi connectivity index (χ0n) is 13.4. The molecule has 1 saturated heterocycles. The molecule has 0 amide bonds. The highest BCUT2D eigenvalue weighted by Crippen LogP contribution is 2.25. The molecule has 4 nitrogen and oxygen atoms in total. The minimum absolute atomic E-state index is 0.199. The molecule has 5 heteroatoms. The van der Waals surface area contributed by atoms with Crippen LogP contribution in [0.2, 0.25) is 0 Å². The third kappa shape index (κ3) is 2.64. The van der Waals surface area contributed by atoms with Gasteiger partial charge in [0, 0.05) is 19.3 Å². The van der Waals surface area contributed by atoms with Gasteiger partial charge in [-0.3, -0.25) is 8.79 Å². The Balaban J connectivity index is 1.63. The van der Waals surface area contributed by atoms with Crippen LogP contribution < -0.4 is 4.90 Å². The van der Waals surface area contributed by atoms with Gasteiger partial charge in [0.05, 0.1) is 17.7 Å². The Morgan fingerprint density at radius 2 is 2.00 bits per heavy atom. The normalized spacial score (nSPS) is 16.5. The number of anilines is 1. The summed E-state index contributed by atoms with van der Waals surface area (Å²) in [5.41, 5.74) is 3.28. The highest BCUT2D eigenvalue weighted by atomic mass is 19.1. The molecule has 0 bridgehead atoms. The molecule has 0 aliphatic carbocycles.